The molecule has 1 aliphatic carbocycles. The van der Waals surface area contributed by atoms with Gasteiger partial charge in [-0.1, -0.05) is 37.1 Å². The van der Waals surface area contributed by atoms with E-state index in [1.807, 2.05) is 0 Å². The number of aromatic nitrogens is 2. The van der Waals surface area contributed by atoms with Crippen molar-refractivity contribution in [3.05, 3.63) is 69.6 Å². The maximum absolute atomic E-state index is 13.4. The van der Waals surface area contributed by atoms with Gasteiger partial charge in [-0.25, -0.2) is 13.4 Å². The Morgan fingerprint density at radius 3 is 2.45 bits per heavy atom. The molecular formula is C26H32ClN5O5S. The van der Waals surface area contributed by atoms with Gasteiger partial charge in [-0.3, -0.25) is 19.3 Å². The number of hydrogen-bond donors (Lipinski definition) is 2. The first-order chi connectivity index (χ1) is 17.6. The molecule has 0 atom stereocenters. The average Bonchev–Trinajstić information content (AvgIpc) is 3.36. The van der Waals surface area contributed by atoms with Crippen molar-refractivity contribution in [2.24, 2.45) is 12.8 Å². The molecule has 4 rings (SSSR count). The van der Waals surface area contributed by atoms with Crippen LogP contribution < -0.4 is 15.6 Å². The fourth-order valence-corrected chi connectivity index (χ4v) is 6.41. The Morgan fingerprint density at radius 1 is 1.18 bits per heavy atom. The molecule has 2 aromatic carbocycles. The third-order valence-corrected chi connectivity index (χ3v) is 8.29. The molecule has 0 saturated heterocycles. The SMILES string of the molecule is CCOC(=O)CS(=O)(=O)N(c1ccc2c(c1)nc(Cc1ccc(C(=N)N)cc1)c(=O)n2C)C1CCCC1.Cl. The Balaban J connectivity index is 0.00000400. The minimum absolute atomic E-state index is 0. The van der Waals surface area contributed by atoms with E-state index in [0.717, 1.165) is 18.4 Å². The Morgan fingerprint density at radius 2 is 1.84 bits per heavy atom. The van der Waals surface area contributed by atoms with Gasteiger partial charge in [-0.05, 0) is 43.5 Å². The lowest BCUT2D eigenvalue weighted by Gasteiger charge is -2.30. The molecule has 12 heteroatoms. The van der Waals surface area contributed by atoms with Gasteiger partial charge in [0.2, 0.25) is 10.0 Å². The fourth-order valence-electron chi connectivity index (χ4n) is 4.79. The first kappa shape index (κ1) is 29.1. The first-order valence-corrected chi connectivity index (χ1v) is 13.8. The highest BCUT2D eigenvalue weighted by molar-refractivity contribution is 7.93. The van der Waals surface area contributed by atoms with Crippen molar-refractivity contribution < 1.29 is 17.9 Å². The quantitative estimate of drug-likeness (QED) is 0.232. The molecule has 1 aromatic heterocycles. The van der Waals surface area contributed by atoms with Crippen LogP contribution in [0.1, 0.15) is 49.4 Å². The number of aryl methyl sites for hydroxylation is 1. The van der Waals surface area contributed by atoms with E-state index in [0.29, 0.717) is 40.8 Å². The predicted octanol–water partition coefficient (Wildman–Crippen LogP) is 2.87. The number of sulfonamides is 1. The average molecular weight is 562 g/mol. The van der Waals surface area contributed by atoms with Crippen LogP contribution >= 0.6 is 12.4 Å². The summed E-state index contributed by atoms with van der Waals surface area (Å²) in [4.78, 5) is 29.7. The Labute approximate surface area is 227 Å². The van der Waals surface area contributed by atoms with Crippen LogP contribution in [0.25, 0.3) is 11.0 Å². The summed E-state index contributed by atoms with van der Waals surface area (Å²) in [6.45, 7) is 1.74. The van der Waals surface area contributed by atoms with E-state index in [1.54, 1.807) is 56.4 Å². The van der Waals surface area contributed by atoms with Crippen LogP contribution in [0.5, 0.6) is 0 Å². The monoisotopic (exact) mass is 561 g/mol. The van der Waals surface area contributed by atoms with Gasteiger partial charge in [0.05, 0.1) is 23.3 Å². The molecule has 0 spiro atoms. The number of hydrogen-bond acceptors (Lipinski definition) is 7. The highest BCUT2D eigenvalue weighted by Gasteiger charge is 2.34. The smallest absolute Gasteiger partial charge is 0.323 e. The fraction of sp³-hybridized carbons (Fsp3) is 0.385. The Bertz CT molecular complexity index is 1500. The lowest BCUT2D eigenvalue weighted by molar-refractivity contribution is -0.139. The van der Waals surface area contributed by atoms with Crippen LogP contribution in [0, 0.1) is 5.41 Å². The molecule has 0 amide bonds. The van der Waals surface area contributed by atoms with Crippen molar-refractivity contribution in [3.8, 4) is 0 Å². The van der Waals surface area contributed by atoms with Gasteiger partial charge in [0, 0.05) is 25.1 Å². The molecule has 0 unspecified atom stereocenters. The third-order valence-electron chi connectivity index (χ3n) is 6.58. The number of benzene rings is 2. The van der Waals surface area contributed by atoms with Crippen molar-refractivity contribution in [2.75, 3.05) is 16.7 Å². The summed E-state index contributed by atoms with van der Waals surface area (Å²) < 4.78 is 34.5. The van der Waals surface area contributed by atoms with Gasteiger partial charge < -0.3 is 15.0 Å². The maximum Gasteiger partial charge on any atom is 0.323 e. The van der Waals surface area contributed by atoms with E-state index < -0.39 is 21.7 Å². The van der Waals surface area contributed by atoms with Gasteiger partial charge in [-0.15, -0.1) is 12.4 Å². The summed E-state index contributed by atoms with van der Waals surface area (Å²) in [5.74, 6) is -1.56. The van der Waals surface area contributed by atoms with Crippen molar-refractivity contribution in [2.45, 2.75) is 45.1 Å². The number of amidine groups is 1. The molecule has 1 saturated carbocycles. The van der Waals surface area contributed by atoms with Gasteiger partial charge in [0.15, 0.2) is 5.75 Å². The molecule has 3 aromatic rings. The molecule has 1 fully saturated rings. The molecular weight excluding hydrogens is 530 g/mol. The normalized spacial score (nSPS) is 13.7. The number of fused-ring (bicyclic) bond motifs is 1. The standard InChI is InChI=1S/C26H31N5O5S.ClH/c1-3-36-24(32)16-37(34,35)31(19-6-4-5-7-19)20-12-13-23-21(15-20)29-22(26(33)30(23)2)14-17-8-10-18(11-9-17)25(27)28;/h8-13,15,19H,3-7,14,16H2,1-2H3,(H3,27,28);1H. The van der Waals surface area contributed by atoms with Gasteiger partial charge in [-0.2, -0.15) is 0 Å². The number of carbonyl (C=O) groups excluding carboxylic acids is 1. The van der Waals surface area contributed by atoms with Crippen LogP contribution in [0.15, 0.2) is 47.3 Å². The molecule has 10 nitrogen and oxygen atoms in total. The van der Waals surface area contributed by atoms with Crippen molar-refractivity contribution in [1.82, 2.24) is 9.55 Å². The molecule has 204 valence electrons. The number of nitrogens with zero attached hydrogens (tertiary/aromatic N) is 3. The van der Waals surface area contributed by atoms with E-state index in [2.05, 4.69) is 4.98 Å². The largest absolute Gasteiger partial charge is 0.465 e. The van der Waals surface area contributed by atoms with E-state index in [9.17, 15) is 18.0 Å². The van der Waals surface area contributed by atoms with E-state index >= 15 is 0 Å². The number of rotatable bonds is 9. The molecule has 1 aliphatic rings. The van der Waals surface area contributed by atoms with Crippen molar-refractivity contribution in [3.63, 3.8) is 0 Å². The number of esters is 1. The summed E-state index contributed by atoms with van der Waals surface area (Å²) >= 11 is 0. The summed E-state index contributed by atoms with van der Waals surface area (Å²) in [5.41, 5.74) is 8.45. The molecule has 0 bridgehead atoms. The lowest BCUT2D eigenvalue weighted by atomic mass is 10.1. The van der Waals surface area contributed by atoms with Crippen LogP contribution in [-0.2, 0) is 33.0 Å². The Kier molecular flexibility index (Phi) is 9.16. The molecule has 0 aliphatic heterocycles. The lowest BCUT2D eigenvalue weighted by Crippen LogP contribution is -2.42. The predicted molar refractivity (Wildman–Crippen MR) is 150 cm³/mol. The molecule has 1 heterocycles. The summed E-state index contributed by atoms with van der Waals surface area (Å²) in [5, 5.41) is 7.54. The number of nitrogens with two attached hydrogens (primary N) is 1. The van der Waals surface area contributed by atoms with Gasteiger partial charge in [0.1, 0.15) is 11.5 Å². The number of carbonyl (C=O) groups is 1. The van der Waals surface area contributed by atoms with Crippen LogP contribution in [0.3, 0.4) is 0 Å². The van der Waals surface area contributed by atoms with E-state index in [1.165, 1.54) is 8.87 Å². The number of anilines is 1. The van der Waals surface area contributed by atoms with Crippen molar-refractivity contribution >= 4 is 51.0 Å². The number of nitrogen functional groups attached to an aromatic ring is 1. The first-order valence-electron chi connectivity index (χ1n) is 12.2. The summed E-state index contributed by atoms with van der Waals surface area (Å²) in [6.07, 6.45) is 3.47. The van der Waals surface area contributed by atoms with E-state index in [4.69, 9.17) is 15.9 Å². The minimum Gasteiger partial charge on any atom is -0.465 e. The molecule has 0 radical (unpaired) electrons. The third kappa shape index (κ3) is 6.16. The Hall–Kier alpha value is -3.44. The summed E-state index contributed by atoms with van der Waals surface area (Å²) in [7, 11) is -2.35. The zero-order chi connectivity index (χ0) is 26.7. The zero-order valence-corrected chi connectivity index (χ0v) is 23.0. The number of nitrogens with one attached hydrogen (secondary N) is 1. The number of halogens is 1. The number of ether oxygens (including phenoxy) is 1. The van der Waals surface area contributed by atoms with Gasteiger partial charge in [0.25, 0.3) is 5.56 Å². The topological polar surface area (TPSA) is 148 Å². The van der Waals surface area contributed by atoms with E-state index in [-0.39, 0.29) is 42.9 Å². The highest BCUT2D eigenvalue weighted by Crippen LogP contribution is 2.32. The highest BCUT2D eigenvalue weighted by atomic mass is 35.5. The van der Waals surface area contributed by atoms with Crippen LogP contribution in [0.2, 0.25) is 0 Å². The maximum atomic E-state index is 13.4. The second-order valence-electron chi connectivity index (χ2n) is 9.18. The van der Waals surface area contributed by atoms with Gasteiger partial charge >= 0.3 is 5.97 Å². The van der Waals surface area contributed by atoms with Crippen LogP contribution in [0.4, 0.5) is 5.69 Å². The van der Waals surface area contributed by atoms with Crippen LogP contribution in [-0.4, -0.2) is 48.2 Å². The second kappa shape index (κ2) is 12.0. The van der Waals surface area contributed by atoms with Crippen molar-refractivity contribution in [1.29, 1.82) is 5.41 Å². The second-order valence-corrected chi connectivity index (χ2v) is 11.0. The molecule has 38 heavy (non-hydrogen) atoms. The minimum atomic E-state index is -4.00. The molecule has 3 N–H and O–H groups in total. The zero-order valence-electron chi connectivity index (χ0n) is 21.3. The summed E-state index contributed by atoms with van der Waals surface area (Å²) in [6, 6.07) is 11.8.